The number of aromatic nitrogens is 3. The van der Waals surface area contributed by atoms with Gasteiger partial charge >= 0.3 is 12.2 Å². The number of alkyl halides is 3. The van der Waals surface area contributed by atoms with Gasteiger partial charge in [-0.25, -0.2) is 9.78 Å². The molecule has 4 rings (SSSR count). The predicted molar refractivity (Wildman–Crippen MR) is 121 cm³/mol. The number of hydrogen-bond donors (Lipinski definition) is 2. The number of carbonyl (C=O) groups is 1. The quantitative estimate of drug-likeness (QED) is 0.538. The molecule has 9 heteroatoms. The van der Waals surface area contributed by atoms with Gasteiger partial charge in [-0.15, -0.1) is 0 Å². The van der Waals surface area contributed by atoms with Crippen LogP contribution in [0.1, 0.15) is 24.5 Å². The van der Waals surface area contributed by atoms with E-state index < -0.39 is 17.8 Å². The fourth-order valence-electron chi connectivity index (χ4n) is 3.68. The summed E-state index contributed by atoms with van der Waals surface area (Å²) in [5.41, 5.74) is 3.66. The lowest BCUT2D eigenvalue weighted by atomic mass is 10.1. The summed E-state index contributed by atoms with van der Waals surface area (Å²) in [4.78, 5) is 21.2. The van der Waals surface area contributed by atoms with Gasteiger partial charge < -0.3 is 15.2 Å². The van der Waals surface area contributed by atoms with Crippen molar-refractivity contribution in [3.63, 3.8) is 0 Å². The Morgan fingerprint density at radius 3 is 2.58 bits per heavy atom. The van der Waals surface area contributed by atoms with E-state index in [2.05, 4.69) is 20.6 Å². The summed E-state index contributed by atoms with van der Waals surface area (Å²) in [6.45, 7) is 3.84. The zero-order valence-corrected chi connectivity index (χ0v) is 18.1. The van der Waals surface area contributed by atoms with Gasteiger partial charge in [-0.05, 0) is 54.8 Å². The number of anilines is 1. The van der Waals surface area contributed by atoms with Gasteiger partial charge in [-0.1, -0.05) is 18.2 Å². The van der Waals surface area contributed by atoms with Crippen LogP contribution in [0.5, 0.6) is 0 Å². The molecule has 0 saturated heterocycles. The number of fused-ring (bicyclic) bond motifs is 1. The number of allylic oxidation sites excluding steroid dienone is 5. The molecule has 0 radical (unpaired) electrons. The summed E-state index contributed by atoms with van der Waals surface area (Å²) in [5.74, 6) is 0. The van der Waals surface area contributed by atoms with Crippen LogP contribution in [0, 0.1) is 6.92 Å². The highest BCUT2D eigenvalue weighted by atomic mass is 19.4. The van der Waals surface area contributed by atoms with Crippen molar-refractivity contribution >= 4 is 22.8 Å². The van der Waals surface area contributed by atoms with Crippen molar-refractivity contribution in [3.8, 4) is 0 Å². The smallest absolute Gasteiger partial charge is 0.326 e. The maximum Gasteiger partial charge on any atom is 0.416 e. The first-order valence-electron chi connectivity index (χ1n) is 10.3. The maximum atomic E-state index is 13.1. The minimum atomic E-state index is -4.44. The van der Waals surface area contributed by atoms with Crippen molar-refractivity contribution in [1.82, 2.24) is 19.9 Å². The molecule has 170 valence electrons. The number of nitrogens with one attached hydrogen (secondary N) is 2. The predicted octanol–water partition coefficient (Wildman–Crippen LogP) is 5.63. The molecule has 0 unspecified atom stereocenters. The summed E-state index contributed by atoms with van der Waals surface area (Å²) in [6, 6.07) is 7.12. The second kappa shape index (κ2) is 8.93. The first-order valence-corrected chi connectivity index (χ1v) is 10.3. The highest BCUT2D eigenvalue weighted by Gasteiger charge is 2.34. The van der Waals surface area contributed by atoms with E-state index in [9.17, 15) is 18.0 Å². The van der Waals surface area contributed by atoms with Crippen LogP contribution in [0.2, 0.25) is 0 Å². The van der Waals surface area contributed by atoms with Crippen LogP contribution in [0.3, 0.4) is 0 Å². The Morgan fingerprint density at radius 1 is 1.09 bits per heavy atom. The van der Waals surface area contributed by atoms with E-state index in [1.165, 1.54) is 19.1 Å². The molecular weight excluding hydrogens is 431 g/mol. The standard InChI is InChI=1S/C24H22F3N5O/c1-15-3-5-18(6-7-19(15)24(25,26)27)30-23(33)31-21-16(2)4-8-20-22(21)29-14-32(20)13-17-9-11-28-12-10-17/h3-5,7-12,14H,6,13H2,1-2H3,(H2,30,31,33). The molecular formula is C24H22F3N5O. The molecule has 2 heterocycles. The summed E-state index contributed by atoms with van der Waals surface area (Å²) in [7, 11) is 0. The topological polar surface area (TPSA) is 71.8 Å². The molecule has 2 amide bonds. The molecule has 1 aliphatic rings. The second-order valence-electron chi connectivity index (χ2n) is 7.79. The zero-order chi connectivity index (χ0) is 23.6. The van der Waals surface area contributed by atoms with E-state index in [-0.39, 0.29) is 12.0 Å². The van der Waals surface area contributed by atoms with Crippen molar-refractivity contribution in [1.29, 1.82) is 0 Å². The first-order chi connectivity index (χ1) is 15.7. The maximum absolute atomic E-state index is 13.1. The molecule has 2 aromatic heterocycles. The lowest BCUT2D eigenvalue weighted by Gasteiger charge is -2.13. The number of amides is 2. The molecule has 3 aromatic rings. The Bertz CT molecular complexity index is 1290. The number of urea groups is 1. The Balaban J connectivity index is 1.53. The number of aryl methyl sites for hydroxylation is 1. The minimum Gasteiger partial charge on any atom is -0.326 e. The Labute approximate surface area is 188 Å². The summed E-state index contributed by atoms with van der Waals surface area (Å²) < 4.78 is 41.4. The molecule has 2 N–H and O–H groups in total. The molecule has 0 saturated carbocycles. The first kappa shape index (κ1) is 22.3. The van der Waals surface area contributed by atoms with Gasteiger partial charge in [0.1, 0.15) is 5.52 Å². The van der Waals surface area contributed by atoms with Crippen molar-refractivity contribution in [2.75, 3.05) is 5.32 Å². The molecule has 1 aromatic carbocycles. The van der Waals surface area contributed by atoms with E-state index in [4.69, 9.17) is 0 Å². The molecule has 1 aliphatic carbocycles. The number of pyridine rings is 1. The van der Waals surface area contributed by atoms with E-state index in [0.717, 1.165) is 22.7 Å². The van der Waals surface area contributed by atoms with Crippen LogP contribution in [-0.4, -0.2) is 26.7 Å². The SMILES string of the molecule is CC1=CC=C(NC(=O)Nc2c(C)ccc3c2ncn3Cc2ccncc2)CC=C1C(F)(F)F. The summed E-state index contributed by atoms with van der Waals surface area (Å²) in [5, 5.41) is 5.46. The van der Waals surface area contributed by atoms with E-state index >= 15 is 0 Å². The third kappa shape index (κ3) is 4.97. The summed E-state index contributed by atoms with van der Waals surface area (Å²) >= 11 is 0. The van der Waals surface area contributed by atoms with Gasteiger partial charge in [0.05, 0.1) is 23.1 Å². The van der Waals surface area contributed by atoms with Gasteiger partial charge in [0.2, 0.25) is 0 Å². The number of benzene rings is 1. The number of hydrogen-bond acceptors (Lipinski definition) is 3. The Morgan fingerprint density at radius 2 is 1.85 bits per heavy atom. The van der Waals surface area contributed by atoms with Gasteiger partial charge in [0.15, 0.2) is 0 Å². The van der Waals surface area contributed by atoms with Crippen molar-refractivity contribution in [2.45, 2.75) is 33.0 Å². The van der Waals surface area contributed by atoms with Crippen LogP contribution in [0.15, 0.2) is 78.1 Å². The molecule has 6 nitrogen and oxygen atoms in total. The zero-order valence-electron chi connectivity index (χ0n) is 18.1. The highest BCUT2D eigenvalue weighted by molar-refractivity contribution is 6.00. The minimum absolute atomic E-state index is 0.0418. The lowest BCUT2D eigenvalue weighted by Crippen LogP contribution is -2.28. The molecule has 0 atom stereocenters. The molecule has 0 spiro atoms. The van der Waals surface area contributed by atoms with Gasteiger partial charge in [-0.3, -0.25) is 4.98 Å². The molecule has 0 aliphatic heterocycles. The van der Waals surface area contributed by atoms with E-state index in [1.807, 2.05) is 35.8 Å². The normalized spacial score (nSPS) is 14.3. The fraction of sp³-hybridized carbons (Fsp3) is 0.208. The third-order valence-electron chi connectivity index (χ3n) is 5.41. The van der Waals surface area contributed by atoms with E-state index in [1.54, 1.807) is 18.7 Å². The van der Waals surface area contributed by atoms with Crippen LogP contribution >= 0.6 is 0 Å². The summed E-state index contributed by atoms with van der Waals surface area (Å²) in [6.07, 6.45) is 4.60. The number of nitrogens with zero attached hydrogens (tertiary/aromatic N) is 3. The lowest BCUT2D eigenvalue weighted by molar-refractivity contribution is -0.0894. The number of imidazole rings is 1. The largest absolute Gasteiger partial charge is 0.416 e. The Kier molecular flexibility index (Phi) is 6.04. The van der Waals surface area contributed by atoms with Gasteiger partial charge in [0.25, 0.3) is 0 Å². The van der Waals surface area contributed by atoms with Crippen molar-refractivity contribution in [2.24, 2.45) is 0 Å². The van der Waals surface area contributed by atoms with Gasteiger partial charge in [0, 0.05) is 31.1 Å². The van der Waals surface area contributed by atoms with Crippen LogP contribution in [-0.2, 0) is 6.54 Å². The monoisotopic (exact) mass is 453 g/mol. The Hall–Kier alpha value is -3.88. The highest BCUT2D eigenvalue weighted by Crippen LogP contribution is 2.33. The average Bonchev–Trinajstić information content (AvgIpc) is 3.06. The molecule has 0 fully saturated rings. The van der Waals surface area contributed by atoms with E-state index in [0.29, 0.717) is 23.4 Å². The van der Waals surface area contributed by atoms with Crippen LogP contribution < -0.4 is 10.6 Å². The van der Waals surface area contributed by atoms with Crippen LogP contribution in [0.4, 0.5) is 23.7 Å². The molecule has 33 heavy (non-hydrogen) atoms. The fourth-order valence-corrected chi connectivity index (χ4v) is 3.68. The average molecular weight is 453 g/mol. The van der Waals surface area contributed by atoms with Crippen molar-refractivity contribution in [3.05, 3.63) is 89.2 Å². The number of rotatable bonds is 4. The number of halogens is 3. The molecule has 0 bridgehead atoms. The van der Waals surface area contributed by atoms with Gasteiger partial charge in [-0.2, -0.15) is 13.2 Å². The third-order valence-corrected chi connectivity index (χ3v) is 5.41. The van der Waals surface area contributed by atoms with Crippen LogP contribution in [0.25, 0.3) is 11.0 Å². The second-order valence-corrected chi connectivity index (χ2v) is 7.79. The van der Waals surface area contributed by atoms with Crippen molar-refractivity contribution < 1.29 is 18.0 Å². The number of carbonyl (C=O) groups excluding carboxylic acids is 1.